The van der Waals surface area contributed by atoms with E-state index in [4.69, 9.17) is 10.6 Å². The normalized spacial score (nSPS) is 10.0. The number of non-ortho nitro benzene ring substituents is 1. The largest absolute Gasteiger partial charge is 0.439 e. The molecule has 0 bridgehead atoms. The van der Waals surface area contributed by atoms with Crippen molar-refractivity contribution >= 4 is 11.6 Å². The number of ether oxygens (including phenoxy) is 1. The third-order valence-corrected chi connectivity index (χ3v) is 2.32. The maximum Gasteiger partial charge on any atom is 0.269 e. The van der Waals surface area contributed by atoms with Crippen LogP contribution in [0.5, 0.6) is 11.6 Å². The second-order valence-corrected chi connectivity index (χ2v) is 3.68. The second kappa shape index (κ2) is 5.27. The maximum atomic E-state index is 10.5. The van der Waals surface area contributed by atoms with E-state index in [2.05, 4.69) is 15.4 Å². The SMILES string of the molecule is Cc1cnc(NN)nc1Oc1ccc([N+](=O)[O-])cc1. The molecule has 0 atom stereocenters. The molecule has 1 aromatic carbocycles. The minimum Gasteiger partial charge on any atom is -0.439 e. The molecule has 0 spiro atoms. The number of rotatable bonds is 4. The van der Waals surface area contributed by atoms with Crippen molar-refractivity contribution in [3.05, 3.63) is 46.1 Å². The number of nitrogens with two attached hydrogens (primary N) is 1. The summed E-state index contributed by atoms with van der Waals surface area (Å²) in [5, 5.41) is 10.5. The van der Waals surface area contributed by atoms with Crippen molar-refractivity contribution in [3.63, 3.8) is 0 Å². The minimum absolute atomic E-state index is 0.00364. The first kappa shape index (κ1) is 12.7. The van der Waals surface area contributed by atoms with Gasteiger partial charge < -0.3 is 4.74 Å². The molecule has 0 aliphatic rings. The number of benzene rings is 1. The van der Waals surface area contributed by atoms with Crippen molar-refractivity contribution in [3.8, 4) is 11.6 Å². The van der Waals surface area contributed by atoms with E-state index < -0.39 is 4.92 Å². The van der Waals surface area contributed by atoms with Gasteiger partial charge in [-0.2, -0.15) is 4.98 Å². The van der Waals surface area contributed by atoms with Crippen molar-refractivity contribution in [2.24, 2.45) is 5.84 Å². The fourth-order valence-corrected chi connectivity index (χ4v) is 1.35. The van der Waals surface area contributed by atoms with Gasteiger partial charge in [0.2, 0.25) is 11.8 Å². The number of nitro groups is 1. The second-order valence-electron chi connectivity index (χ2n) is 3.68. The van der Waals surface area contributed by atoms with Gasteiger partial charge in [0.15, 0.2) is 0 Å². The van der Waals surface area contributed by atoms with Crippen LogP contribution in [0.3, 0.4) is 0 Å². The summed E-state index contributed by atoms with van der Waals surface area (Å²) in [5.41, 5.74) is 3.03. The van der Waals surface area contributed by atoms with Gasteiger partial charge in [0.1, 0.15) is 5.75 Å². The van der Waals surface area contributed by atoms with Crippen LogP contribution in [0.2, 0.25) is 0 Å². The zero-order valence-corrected chi connectivity index (χ0v) is 10.0. The summed E-state index contributed by atoms with van der Waals surface area (Å²) in [6.45, 7) is 1.78. The summed E-state index contributed by atoms with van der Waals surface area (Å²) in [6.07, 6.45) is 1.56. The smallest absolute Gasteiger partial charge is 0.269 e. The fourth-order valence-electron chi connectivity index (χ4n) is 1.35. The van der Waals surface area contributed by atoms with Gasteiger partial charge in [-0.1, -0.05) is 0 Å². The first-order valence-corrected chi connectivity index (χ1v) is 5.32. The van der Waals surface area contributed by atoms with Gasteiger partial charge in [-0.05, 0) is 19.1 Å². The molecule has 0 saturated carbocycles. The number of anilines is 1. The number of aromatic nitrogens is 2. The average Bonchev–Trinajstić information content (AvgIpc) is 2.42. The van der Waals surface area contributed by atoms with Gasteiger partial charge in [0, 0.05) is 23.9 Å². The van der Waals surface area contributed by atoms with Crippen molar-refractivity contribution in [1.29, 1.82) is 0 Å². The van der Waals surface area contributed by atoms with E-state index in [1.165, 1.54) is 24.3 Å². The number of nitro benzene ring substituents is 1. The van der Waals surface area contributed by atoms with Gasteiger partial charge in [-0.3, -0.25) is 15.5 Å². The number of nitrogens with one attached hydrogen (secondary N) is 1. The highest BCUT2D eigenvalue weighted by Gasteiger charge is 2.08. The Morgan fingerprint density at radius 1 is 1.37 bits per heavy atom. The molecule has 0 amide bonds. The molecule has 3 N–H and O–H groups in total. The van der Waals surface area contributed by atoms with Gasteiger partial charge in [-0.15, -0.1) is 0 Å². The molecule has 1 aromatic heterocycles. The van der Waals surface area contributed by atoms with Gasteiger partial charge >= 0.3 is 0 Å². The number of hydrogen-bond donors (Lipinski definition) is 2. The molecule has 19 heavy (non-hydrogen) atoms. The molecule has 1 heterocycles. The standard InChI is InChI=1S/C11H11N5O3/c1-7-6-13-11(15-12)14-10(7)19-9-4-2-8(3-5-9)16(17)18/h2-6H,12H2,1H3,(H,13,14,15). The van der Waals surface area contributed by atoms with Crippen molar-refractivity contribution in [2.45, 2.75) is 6.92 Å². The molecule has 2 aromatic rings. The van der Waals surface area contributed by atoms with E-state index in [-0.39, 0.29) is 11.6 Å². The van der Waals surface area contributed by atoms with E-state index in [9.17, 15) is 10.1 Å². The average molecular weight is 261 g/mol. The number of hydrazine groups is 1. The topological polar surface area (TPSA) is 116 Å². The molecule has 2 rings (SSSR count). The van der Waals surface area contributed by atoms with Crippen LogP contribution in [0.4, 0.5) is 11.6 Å². The van der Waals surface area contributed by atoms with Gasteiger partial charge in [0.25, 0.3) is 5.69 Å². The zero-order chi connectivity index (χ0) is 13.8. The molecular weight excluding hydrogens is 250 g/mol. The summed E-state index contributed by atoms with van der Waals surface area (Å²) in [4.78, 5) is 18.0. The zero-order valence-electron chi connectivity index (χ0n) is 10.0. The molecule has 0 saturated heterocycles. The van der Waals surface area contributed by atoms with Crippen molar-refractivity contribution in [2.75, 3.05) is 5.43 Å². The van der Waals surface area contributed by atoms with Crippen LogP contribution in [0.15, 0.2) is 30.5 Å². The molecule has 0 fully saturated rings. The lowest BCUT2D eigenvalue weighted by atomic mass is 10.3. The summed E-state index contributed by atoms with van der Waals surface area (Å²) in [6, 6.07) is 5.70. The van der Waals surface area contributed by atoms with Crippen LogP contribution in [0.25, 0.3) is 0 Å². The lowest BCUT2D eigenvalue weighted by molar-refractivity contribution is -0.384. The Bertz CT molecular complexity index is 600. The van der Waals surface area contributed by atoms with Crippen LogP contribution >= 0.6 is 0 Å². The highest BCUT2D eigenvalue weighted by atomic mass is 16.6. The third-order valence-electron chi connectivity index (χ3n) is 2.32. The van der Waals surface area contributed by atoms with Crippen molar-refractivity contribution in [1.82, 2.24) is 9.97 Å². The predicted octanol–water partition coefficient (Wildman–Crippen LogP) is 1.77. The minimum atomic E-state index is -0.476. The first-order chi connectivity index (χ1) is 9.10. The molecule has 0 aliphatic heterocycles. The van der Waals surface area contributed by atoms with E-state index >= 15 is 0 Å². The first-order valence-electron chi connectivity index (χ1n) is 5.32. The quantitative estimate of drug-likeness (QED) is 0.489. The highest BCUT2D eigenvalue weighted by molar-refractivity contribution is 5.39. The Labute approximate surface area is 108 Å². The van der Waals surface area contributed by atoms with Crippen LogP contribution in [0.1, 0.15) is 5.56 Å². The third kappa shape index (κ3) is 2.93. The van der Waals surface area contributed by atoms with Crippen LogP contribution in [0, 0.1) is 17.0 Å². The van der Waals surface area contributed by atoms with Crippen molar-refractivity contribution < 1.29 is 9.66 Å². The Kier molecular flexibility index (Phi) is 3.53. The molecule has 0 aliphatic carbocycles. The Hall–Kier alpha value is -2.74. The monoisotopic (exact) mass is 261 g/mol. The van der Waals surface area contributed by atoms with E-state index in [1.807, 2.05) is 0 Å². The lowest BCUT2D eigenvalue weighted by Crippen LogP contribution is -2.11. The summed E-state index contributed by atoms with van der Waals surface area (Å²) in [5.74, 6) is 6.20. The Balaban J connectivity index is 2.23. The molecule has 8 heteroatoms. The summed E-state index contributed by atoms with van der Waals surface area (Å²) in [7, 11) is 0. The fraction of sp³-hybridized carbons (Fsp3) is 0.0909. The molecular formula is C11H11N5O3. The molecule has 8 nitrogen and oxygen atoms in total. The van der Waals surface area contributed by atoms with Gasteiger partial charge in [0.05, 0.1) is 4.92 Å². The van der Waals surface area contributed by atoms with Crippen LogP contribution < -0.4 is 16.0 Å². The number of nitrogens with zero attached hydrogens (tertiary/aromatic N) is 3. The lowest BCUT2D eigenvalue weighted by Gasteiger charge is -2.08. The van der Waals surface area contributed by atoms with Crippen LogP contribution in [-0.4, -0.2) is 14.9 Å². The van der Waals surface area contributed by atoms with E-state index in [1.54, 1.807) is 13.1 Å². The predicted molar refractivity (Wildman–Crippen MR) is 67.7 cm³/mol. The molecule has 98 valence electrons. The maximum absolute atomic E-state index is 10.5. The Morgan fingerprint density at radius 3 is 2.63 bits per heavy atom. The highest BCUT2D eigenvalue weighted by Crippen LogP contribution is 2.25. The van der Waals surface area contributed by atoms with E-state index in [0.29, 0.717) is 11.6 Å². The van der Waals surface area contributed by atoms with Gasteiger partial charge in [-0.25, -0.2) is 10.8 Å². The van der Waals surface area contributed by atoms with Crippen LogP contribution in [-0.2, 0) is 0 Å². The Morgan fingerprint density at radius 2 is 2.05 bits per heavy atom. The number of aryl methyl sites for hydroxylation is 1. The summed E-state index contributed by atoms with van der Waals surface area (Å²) < 4.78 is 5.52. The summed E-state index contributed by atoms with van der Waals surface area (Å²) >= 11 is 0. The number of hydrogen-bond acceptors (Lipinski definition) is 7. The van der Waals surface area contributed by atoms with E-state index in [0.717, 1.165) is 5.56 Å². The molecule has 0 radical (unpaired) electrons. The molecule has 0 unspecified atom stereocenters. The number of nitrogen functional groups attached to an aromatic ring is 1.